The van der Waals surface area contributed by atoms with Crippen LogP contribution in [0.5, 0.6) is 0 Å². The van der Waals surface area contributed by atoms with Gasteiger partial charge in [-0.25, -0.2) is 4.79 Å². The van der Waals surface area contributed by atoms with Gasteiger partial charge in [-0.3, -0.25) is 0 Å². The number of urea groups is 1. The molecule has 1 aromatic rings. The zero-order chi connectivity index (χ0) is 16.0. The van der Waals surface area contributed by atoms with Crippen LogP contribution in [0.3, 0.4) is 0 Å². The molecule has 1 fully saturated rings. The van der Waals surface area contributed by atoms with E-state index in [0.29, 0.717) is 5.41 Å². The van der Waals surface area contributed by atoms with E-state index in [1.807, 2.05) is 16.8 Å². The van der Waals surface area contributed by atoms with E-state index in [-0.39, 0.29) is 11.6 Å². The molecular weight excluding hydrogens is 272 g/mol. The van der Waals surface area contributed by atoms with Crippen molar-refractivity contribution in [2.75, 3.05) is 20.1 Å². The summed E-state index contributed by atoms with van der Waals surface area (Å²) in [5, 5.41) is 0. The lowest BCUT2D eigenvalue weighted by molar-refractivity contribution is 0.104. The first-order valence-electron chi connectivity index (χ1n) is 8.45. The van der Waals surface area contributed by atoms with Crippen LogP contribution >= 0.6 is 0 Å². The Bertz CT molecular complexity index is 565. The molecule has 120 valence electrons. The van der Waals surface area contributed by atoms with E-state index in [2.05, 4.69) is 45.0 Å². The Morgan fingerprint density at radius 3 is 2.41 bits per heavy atom. The maximum Gasteiger partial charge on any atom is 0.320 e. The number of amides is 2. The van der Waals surface area contributed by atoms with Gasteiger partial charge < -0.3 is 9.80 Å². The number of carbonyl (C=O) groups excluding carboxylic acids is 1. The third-order valence-electron chi connectivity index (χ3n) is 5.75. The van der Waals surface area contributed by atoms with Crippen molar-refractivity contribution in [3.05, 3.63) is 35.4 Å². The number of hydrogen-bond donors (Lipinski definition) is 0. The van der Waals surface area contributed by atoms with Gasteiger partial charge in [-0.1, -0.05) is 24.3 Å². The molecule has 0 radical (unpaired) electrons. The number of piperidine rings is 1. The van der Waals surface area contributed by atoms with Crippen LogP contribution in [0.4, 0.5) is 4.79 Å². The Morgan fingerprint density at radius 2 is 1.77 bits per heavy atom. The van der Waals surface area contributed by atoms with E-state index in [1.165, 1.54) is 18.4 Å². The summed E-state index contributed by atoms with van der Waals surface area (Å²) >= 11 is 0. The second-order valence-electron chi connectivity index (χ2n) is 7.94. The lowest BCUT2D eigenvalue weighted by atomic mass is 9.74. The molecule has 1 aliphatic heterocycles. The summed E-state index contributed by atoms with van der Waals surface area (Å²) < 4.78 is 0. The molecule has 1 heterocycles. The average molecular weight is 300 g/mol. The molecule has 2 amide bonds. The molecule has 1 aliphatic carbocycles. The predicted molar refractivity (Wildman–Crippen MR) is 90.2 cm³/mol. The Kier molecular flexibility index (Phi) is 3.70. The monoisotopic (exact) mass is 300 g/mol. The molecule has 0 unspecified atom stereocenters. The number of hydrogen-bond acceptors (Lipinski definition) is 1. The van der Waals surface area contributed by atoms with Gasteiger partial charge in [0, 0.05) is 25.7 Å². The topological polar surface area (TPSA) is 23.6 Å². The van der Waals surface area contributed by atoms with Crippen LogP contribution in [0.2, 0.25) is 0 Å². The molecule has 1 aromatic carbocycles. The molecular formula is C19H28N2O. The van der Waals surface area contributed by atoms with Gasteiger partial charge in [0.1, 0.15) is 0 Å². The Hall–Kier alpha value is -1.51. The van der Waals surface area contributed by atoms with Crippen molar-refractivity contribution < 1.29 is 4.79 Å². The quantitative estimate of drug-likeness (QED) is 0.714. The van der Waals surface area contributed by atoms with E-state index < -0.39 is 0 Å². The molecule has 1 spiro atoms. The second kappa shape index (κ2) is 5.29. The van der Waals surface area contributed by atoms with Crippen LogP contribution in [0.25, 0.3) is 0 Å². The van der Waals surface area contributed by atoms with Crippen LogP contribution in [0.15, 0.2) is 24.3 Å². The Labute approximate surface area is 134 Å². The average Bonchev–Trinajstić information content (AvgIpc) is 2.85. The molecule has 3 rings (SSSR count). The fraction of sp³-hybridized carbons (Fsp3) is 0.632. The normalized spacial score (nSPS) is 20.1. The summed E-state index contributed by atoms with van der Waals surface area (Å²) in [5.41, 5.74) is 3.28. The molecule has 1 saturated heterocycles. The molecule has 0 saturated carbocycles. The standard InChI is InChI=1S/C19H28N2O/c1-18(2,3)20(4)17(22)21-13-11-19(12-14-21)10-9-15-7-5-6-8-16(15)19/h5-8H,9-14H2,1-4H3. The Morgan fingerprint density at radius 1 is 1.14 bits per heavy atom. The van der Waals surface area contributed by atoms with Crippen LogP contribution in [0.1, 0.15) is 51.2 Å². The molecule has 0 bridgehead atoms. The van der Waals surface area contributed by atoms with Gasteiger partial charge in [0.15, 0.2) is 0 Å². The highest BCUT2D eigenvalue weighted by atomic mass is 16.2. The van der Waals surface area contributed by atoms with Crippen LogP contribution < -0.4 is 0 Å². The summed E-state index contributed by atoms with van der Waals surface area (Å²) in [5.74, 6) is 0. The van der Waals surface area contributed by atoms with E-state index in [0.717, 1.165) is 25.9 Å². The lowest BCUT2D eigenvalue weighted by Gasteiger charge is -2.43. The first-order chi connectivity index (χ1) is 10.3. The zero-order valence-electron chi connectivity index (χ0n) is 14.4. The number of aryl methyl sites for hydroxylation is 1. The van der Waals surface area contributed by atoms with Gasteiger partial charge in [-0.15, -0.1) is 0 Å². The second-order valence-corrected chi connectivity index (χ2v) is 7.94. The molecule has 0 atom stereocenters. The molecule has 3 nitrogen and oxygen atoms in total. The van der Waals surface area contributed by atoms with Gasteiger partial charge in [0.05, 0.1) is 0 Å². The molecule has 2 aliphatic rings. The van der Waals surface area contributed by atoms with Crippen LogP contribution in [0, 0.1) is 0 Å². The van der Waals surface area contributed by atoms with Crippen molar-refractivity contribution in [2.45, 2.75) is 57.4 Å². The summed E-state index contributed by atoms with van der Waals surface area (Å²) in [6.07, 6.45) is 4.66. The molecule has 0 N–H and O–H groups in total. The fourth-order valence-electron chi connectivity index (χ4n) is 3.91. The van der Waals surface area contributed by atoms with Crippen LogP contribution in [-0.4, -0.2) is 41.5 Å². The van der Waals surface area contributed by atoms with Gasteiger partial charge >= 0.3 is 6.03 Å². The highest BCUT2D eigenvalue weighted by Gasteiger charge is 2.42. The van der Waals surface area contributed by atoms with E-state index >= 15 is 0 Å². The third-order valence-corrected chi connectivity index (χ3v) is 5.75. The minimum absolute atomic E-state index is 0.119. The number of nitrogens with zero attached hydrogens (tertiary/aromatic N) is 2. The molecule has 22 heavy (non-hydrogen) atoms. The minimum Gasteiger partial charge on any atom is -0.325 e. The third kappa shape index (κ3) is 2.51. The SMILES string of the molecule is CN(C(=O)N1CCC2(CCc3ccccc32)CC1)C(C)(C)C. The largest absolute Gasteiger partial charge is 0.325 e. The molecule has 3 heteroatoms. The highest BCUT2D eigenvalue weighted by molar-refractivity contribution is 5.75. The van der Waals surface area contributed by atoms with Crippen molar-refractivity contribution in [1.29, 1.82) is 0 Å². The first kappa shape index (κ1) is 15.4. The Balaban J connectivity index is 1.70. The maximum atomic E-state index is 12.6. The van der Waals surface area contributed by atoms with Crippen molar-refractivity contribution >= 4 is 6.03 Å². The van der Waals surface area contributed by atoms with Crippen LogP contribution in [-0.2, 0) is 11.8 Å². The van der Waals surface area contributed by atoms with Gasteiger partial charge in [0.2, 0.25) is 0 Å². The maximum absolute atomic E-state index is 12.6. The van der Waals surface area contributed by atoms with Crippen molar-refractivity contribution in [3.8, 4) is 0 Å². The van der Waals surface area contributed by atoms with Crippen molar-refractivity contribution in [1.82, 2.24) is 9.80 Å². The minimum atomic E-state index is -0.119. The number of likely N-dealkylation sites (tertiary alicyclic amines) is 1. The highest BCUT2D eigenvalue weighted by Crippen LogP contribution is 2.46. The summed E-state index contributed by atoms with van der Waals surface area (Å²) in [7, 11) is 1.91. The van der Waals surface area contributed by atoms with E-state index in [1.54, 1.807) is 5.56 Å². The number of rotatable bonds is 0. The van der Waals surface area contributed by atoms with E-state index in [9.17, 15) is 4.79 Å². The zero-order valence-corrected chi connectivity index (χ0v) is 14.4. The van der Waals surface area contributed by atoms with Gasteiger partial charge in [-0.05, 0) is 63.0 Å². The lowest BCUT2D eigenvalue weighted by Crippen LogP contribution is -2.53. The van der Waals surface area contributed by atoms with Crippen molar-refractivity contribution in [2.24, 2.45) is 0 Å². The van der Waals surface area contributed by atoms with Crippen molar-refractivity contribution in [3.63, 3.8) is 0 Å². The number of carbonyl (C=O) groups is 1. The molecule has 0 aromatic heterocycles. The van der Waals surface area contributed by atoms with E-state index in [4.69, 9.17) is 0 Å². The number of fused-ring (bicyclic) bond motifs is 2. The summed E-state index contributed by atoms with van der Waals surface area (Å²) in [6.45, 7) is 8.03. The smallest absolute Gasteiger partial charge is 0.320 e. The fourth-order valence-corrected chi connectivity index (χ4v) is 3.91. The summed E-state index contributed by atoms with van der Waals surface area (Å²) in [6, 6.07) is 9.07. The van der Waals surface area contributed by atoms with Gasteiger partial charge in [0.25, 0.3) is 0 Å². The summed E-state index contributed by atoms with van der Waals surface area (Å²) in [4.78, 5) is 16.6. The first-order valence-corrected chi connectivity index (χ1v) is 8.45. The van der Waals surface area contributed by atoms with Gasteiger partial charge in [-0.2, -0.15) is 0 Å². The predicted octanol–water partition coefficient (Wildman–Crippen LogP) is 3.82. The number of benzene rings is 1.